The van der Waals surface area contributed by atoms with Gasteiger partial charge in [-0.2, -0.15) is 0 Å². The SMILES string of the molecule is O=C(O)[C@@H]1CC(O)CN1C(=O)Nc1c(Cl)cc(Cl)cc1Cl. The maximum absolute atomic E-state index is 12.2. The highest BCUT2D eigenvalue weighted by Gasteiger charge is 2.39. The van der Waals surface area contributed by atoms with Gasteiger partial charge in [-0.3, -0.25) is 0 Å². The summed E-state index contributed by atoms with van der Waals surface area (Å²) in [6.07, 6.45) is -0.904. The minimum absolute atomic E-state index is 0.0230. The Balaban J connectivity index is 2.20. The number of aliphatic carboxylic acids is 1. The third-order valence-corrected chi connectivity index (χ3v) is 3.88. The van der Waals surface area contributed by atoms with E-state index in [1.165, 1.54) is 12.1 Å². The van der Waals surface area contributed by atoms with Crippen LogP contribution in [0.5, 0.6) is 0 Å². The van der Waals surface area contributed by atoms with E-state index in [0.29, 0.717) is 5.02 Å². The summed E-state index contributed by atoms with van der Waals surface area (Å²) in [5.41, 5.74) is 0.137. The van der Waals surface area contributed by atoms with Gasteiger partial charge in [0.25, 0.3) is 0 Å². The minimum Gasteiger partial charge on any atom is -0.480 e. The second-order valence-corrected chi connectivity index (χ2v) is 5.82. The van der Waals surface area contributed by atoms with Crippen LogP contribution in [0.25, 0.3) is 0 Å². The predicted molar refractivity (Wildman–Crippen MR) is 79.2 cm³/mol. The number of hydrogen-bond acceptors (Lipinski definition) is 3. The maximum Gasteiger partial charge on any atom is 0.326 e. The number of nitrogens with zero attached hydrogens (tertiary/aromatic N) is 1. The first kappa shape index (κ1) is 16.2. The summed E-state index contributed by atoms with van der Waals surface area (Å²) in [5.74, 6) is -1.19. The predicted octanol–water partition coefficient (Wildman–Crippen LogP) is 2.70. The Morgan fingerprint density at radius 1 is 1.24 bits per heavy atom. The molecule has 1 aromatic carbocycles. The number of urea groups is 1. The lowest BCUT2D eigenvalue weighted by Gasteiger charge is -2.22. The molecule has 1 unspecified atom stereocenters. The number of carbonyl (C=O) groups excluding carboxylic acids is 1. The zero-order chi connectivity index (χ0) is 15.7. The zero-order valence-electron chi connectivity index (χ0n) is 10.5. The van der Waals surface area contributed by atoms with Gasteiger partial charge in [-0.1, -0.05) is 34.8 Å². The molecule has 6 nitrogen and oxygen atoms in total. The Bertz CT molecular complexity index is 573. The summed E-state index contributed by atoms with van der Waals surface area (Å²) in [4.78, 5) is 24.3. The summed E-state index contributed by atoms with van der Waals surface area (Å²) < 4.78 is 0. The van der Waals surface area contributed by atoms with Crippen LogP contribution in [0, 0.1) is 0 Å². The van der Waals surface area contributed by atoms with Crippen molar-refractivity contribution in [2.45, 2.75) is 18.6 Å². The van der Waals surface area contributed by atoms with Crippen molar-refractivity contribution < 1.29 is 19.8 Å². The Morgan fingerprint density at radius 3 is 2.33 bits per heavy atom. The molecule has 1 aliphatic rings. The highest BCUT2D eigenvalue weighted by atomic mass is 35.5. The largest absolute Gasteiger partial charge is 0.480 e. The van der Waals surface area contributed by atoms with Crippen LogP contribution in [-0.4, -0.2) is 45.8 Å². The quantitative estimate of drug-likeness (QED) is 0.762. The van der Waals surface area contributed by atoms with Crippen molar-refractivity contribution in [1.82, 2.24) is 4.90 Å². The molecule has 0 aromatic heterocycles. The number of carboxylic acids is 1. The van der Waals surface area contributed by atoms with E-state index in [1.54, 1.807) is 0 Å². The molecule has 1 aromatic rings. The number of anilines is 1. The van der Waals surface area contributed by atoms with Gasteiger partial charge in [0.15, 0.2) is 0 Å². The summed E-state index contributed by atoms with van der Waals surface area (Å²) in [5, 5.41) is 21.6. The third kappa shape index (κ3) is 3.52. The molecular weight excluding hydrogens is 343 g/mol. The molecule has 9 heteroatoms. The number of halogens is 3. The first-order valence-corrected chi connectivity index (χ1v) is 7.06. The number of amides is 2. The van der Waals surface area contributed by atoms with Crippen LogP contribution in [0.1, 0.15) is 6.42 Å². The maximum atomic E-state index is 12.2. The number of carboxylic acid groups (broad SMARTS) is 1. The monoisotopic (exact) mass is 352 g/mol. The molecule has 2 amide bonds. The lowest BCUT2D eigenvalue weighted by Crippen LogP contribution is -2.43. The smallest absolute Gasteiger partial charge is 0.326 e. The summed E-state index contributed by atoms with van der Waals surface area (Å²) >= 11 is 17.7. The molecule has 1 saturated heterocycles. The van der Waals surface area contributed by atoms with Gasteiger partial charge in [0, 0.05) is 18.0 Å². The van der Waals surface area contributed by atoms with Crippen molar-refractivity contribution in [3.8, 4) is 0 Å². The number of benzene rings is 1. The fraction of sp³-hybridized carbons (Fsp3) is 0.333. The molecule has 1 heterocycles. The lowest BCUT2D eigenvalue weighted by molar-refractivity contribution is -0.141. The Labute approximate surface area is 135 Å². The fourth-order valence-corrected chi connectivity index (χ4v) is 3.02. The minimum atomic E-state index is -1.19. The first-order chi connectivity index (χ1) is 9.79. The van der Waals surface area contributed by atoms with Gasteiger partial charge in [-0.25, -0.2) is 9.59 Å². The van der Waals surface area contributed by atoms with Crippen LogP contribution in [-0.2, 0) is 4.79 Å². The average molecular weight is 354 g/mol. The van der Waals surface area contributed by atoms with Crippen LogP contribution in [0.4, 0.5) is 10.5 Å². The van der Waals surface area contributed by atoms with Crippen LogP contribution in [0.2, 0.25) is 15.1 Å². The van der Waals surface area contributed by atoms with Crippen molar-refractivity contribution in [2.75, 3.05) is 11.9 Å². The Morgan fingerprint density at radius 2 is 1.81 bits per heavy atom. The van der Waals surface area contributed by atoms with Gasteiger partial charge in [0.2, 0.25) is 0 Å². The van der Waals surface area contributed by atoms with E-state index in [0.717, 1.165) is 4.90 Å². The van der Waals surface area contributed by atoms with Gasteiger partial charge >= 0.3 is 12.0 Å². The van der Waals surface area contributed by atoms with E-state index in [2.05, 4.69) is 5.32 Å². The van der Waals surface area contributed by atoms with Crippen molar-refractivity contribution in [3.05, 3.63) is 27.2 Å². The normalized spacial score (nSPS) is 21.4. The number of nitrogens with one attached hydrogen (secondary N) is 1. The van der Waals surface area contributed by atoms with E-state index >= 15 is 0 Å². The first-order valence-electron chi connectivity index (χ1n) is 5.92. The molecule has 0 bridgehead atoms. The topological polar surface area (TPSA) is 89.9 Å². The highest BCUT2D eigenvalue weighted by Crippen LogP contribution is 2.34. The van der Waals surface area contributed by atoms with E-state index in [4.69, 9.17) is 39.9 Å². The van der Waals surface area contributed by atoms with Gasteiger partial charge in [-0.05, 0) is 12.1 Å². The van der Waals surface area contributed by atoms with E-state index < -0.39 is 24.1 Å². The molecular formula is C12H11Cl3N2O4. The van der Waals surface area contributed by atoms with Crippen molar-refractivity contribution in [2.24, 2.45) is 0 Å². The Kier molecular flexibility index (Phi) is 4.83. The fourth-order valence-electron chi connectivity index (χ4n) is 2.11. The van der Waals surface area contributed by atoms with Crippen LogP contribution < -0.4 is 5.32 Å². The number of β-amino-alcohol motifs (C(OH)–C–C–N with tert-alkyl or cyclic N) is 1. The standard InChI is InChI=1S/C12H11Cl3N2O4/c13-5-1-7(14)10(8(15)2-5)16-12(21)17-4-6(18)3-9(17)11(19)20/h1-2,6,9,18H,3-4H2,(H,16,21)(H,19,20)/t6?,9-/m0/s1. The molecule has 114 valence electrons. The zero-order valence-corrected chi connectivity index (χ0v) is 12.8. The molecule has 21 heavy (non-hydrogen) atoms. The second-order valence-electron chi connectivity index (χ2n) is 4.57. The van der Waals surface area contributed by atoms with Crippen LogP contribution >= 0.6 is 34.8 Å². The van der Waals surface area contributed by atoms with Crippen molar-refractivity contribution in [1.29, 1.82) is 0 Å². The van der Waals surface area contributed by atoms with E-state index in [-0.39, 0.29) is 28.7 Å². The summed E-state index contributed by atoms with van der Waals surface area (Å²) in [6, 6.07) is 1.01. The molecule has 2 rings (SSSR count). The number of aliphatic hydroxyl groups is 1. The number of carbonyl (C=O) groups is 2. The molecule has 0 spiro atoms. The molecule has 0 saturated carbocycles. The van der Waals surface area contributed by atoms with Gasteiger partial charge in [0.1, 0.15) is 6.04 Å². The highest BCUT2D eigenvalue weighted by molar-refractivity contribution is 6.42. The van der Waals surface area contributed by atoms with E-state index in [1.807, 2.05) is 0 Å². The van der Waals surface area contributed by atoms with Crippen LogP contribution in [0.15, 0.2) is 12.1 Å². The molecule has 2 atom stereocenters. The number of aliphatic hydroxyl groups excluding tert-OH is 1. The Hall–Kier alpha value is -1.21. The van der Waals surface area contributed by atoms with E-state index in [9.17, 15) is 14.7 Å². The van der Waals surface area contributed by atoms with Crippen LogP contribution in [0.3, 0.4) is 0 Å². The third-order valence-electron chi connectivity index (χ3n) is 3.06. The molecule has 1 fully saturated rings. The summed E-state index contributed by atoms with van der Waals surface area (Å²) in [7, 11) is 0. The molecule has 0 aliphatic carbocycles. The molecule has 1 aliphatic heterocycles. The summed E-state index contributed by atoms with van der Waals surface area (Å²) in [6.45, 7) is -0.0778. The van der Waals surface area contributed by atoms with Gasteiger partial charge < -0.3 is 20.4 Å². The van der Waals surface area contributed by atoms with Gasteiger partial charge in [0.05, 0.1) is 21.8 Å². The van der Waals surface area contributed by atoms with Crippen molar-refractivity contribution in [3.63, 3.8) is 0 Å². The number of hydrogen-bond donors (Lipinski definition) is 3. The number of rotatable bonds is 2. The number of likely N-dealkylation sites (tertiary alicyclic amines) is 1. The van der Waals surface area contributed by atoms with Gasteiger partial charge in [-0.15, -0.1) is 0 Å². The molecule has 3 N–H and O–H groups in total. The lowest BCUT2D eigenvalue weighted by atomic mass is 10.2. The second kappa shape index (κ2) is 6.27. The van der Waals surface area contributed by atoms with Crippen molar-refractivity contribution >= 4 is 52.5 Å². The molecule has 0 radical (unpaired) electrons. The average Bonchev–Trinajstić information content (AvgIpc) is 2.76.